The molecule has 19 heavy (non-hydrogen) atoms. The maximum atomic E-state index is 4.26. The van der Waals surface area contributed by atoms with Crippen molar-refractivity contribution in [3.05, 3.63) is 35.9 Å². The number of rotatable bonds is 7. The van der Waals surface area contributed by atoms with Crippen molar-refractivity contribution in [3.8, 4) is 0 Å². The maximum Gasteiger partial charge on any atom is 0.0537 e. The van der Waals surface area contributed by atoms with Crippen molar-refractivity contribution in [2.75, 3.05) is 6.54 Å². The van der Waals surface area contributed by atoms with E-state index >= 15 is 0 Å². The smallest absolute Gasteiger partial charge is 0.0537 e. The first kappa shape index (κ1) is 13.8. The first-order valence-corrected chi connectivity index (χ1v) is 6.88. The molecule has 1 atom stereocenters. The van der Waals surface area contributed by atoms with Gasteiger partial charge in [0.05, 0.1) is 12.4 Å². The van der Waals surface area contributed by atoms with E-state index in [0.717, 1.165) is 25.8 Å². The highest BCUT2D eigenvalue weighted by Crippen LogP contribution is 2.18. The third-order valence-electron chi connectivity index (χ3n) is 3.25. The van der Waals surface area contributed by atoms with Gasteiger partial charge >= 0.3 is 0 Å². The molecule has 1 unspecified atom stereocenters. The predicted molar refractivity (Wildman–Crippen MR) is 75.8 cm³/mol. The van der Waals surface area contributed by atoms with Crippen molar-refractivity contribution in [2.45, 2.75) is 32.2 Å². The van der Waals surface area contributed by atoms with Crippen molar-refractivity contribution < 1.29 is 0 Å². The van der Waals surface area contributed by atoms with Gasteiger partial charge in [-0.3, -0.25) is 9.36 Å². The van der Waals surface area contributed by atoms with Crippen molar-refractivity contribution >= 4 is 0 Å². The molecule has 0 spiro atoms. The minimum Gasteiger partial charge on any atom is -0.310 e. The van der Waals surface area contributed by atoms with Gasteiger partial charge in [0.2, 0.25) is 0 Å². The van der Waals surface area contributed by atoms with Crippen molar-refractivity contribution in [1.82, 2.24) is 24.9 Å². The number of aryl methyl sites for hydroxylation is 3. The summed E-state index contributed by atoms with van der Waals surface area (Å²) >= 11 is 0. The Labute approximate surface area is 114 Å². The molecule has 0 aliphatic rings. The van der Waals surface area contributed by atoms with Gasteiger partial charge in [-0.25, -0.2) is 0 Å². The van der Waals surface area contributed by atoms with Gasteiger partial charge in [0.25, 0.3) is 0 Å². The molecule has 2 aromatic rings. The molecule has 104 valence electrons. The molecule has 0 aliphatic heterocycles. The third kappa shape index (κ3) is 3.92. The highest BCUT2D eigenvalue weighted by atomic mass is 15.2. The number of aromatic nitrogens is 4. The van der Waals surface area contributed by atoms with E-state index in [2.05, 4.69) is 34.8 Å². The van der Waals surface area contributed by atoms with E-state index in [0.29, 0.717) is 6.04 Å². The molecule has 2 aromatic heterocycles. The maximum absolute atomic E-state index is 4.26. The molecular weight excluding hydrogens is 238 g/mol. The lowest BCUT2D eigenvalue weighted by Gasteiger charge is -2.16. The van der Waals surface area contributed by atoms with Crippen molar-refractivity contribution in [1.29, 1.82) is 0 Å². The van der Waals surface area contributed by atoms with Crippen LogP contribution in [-0.4, -0.2) is 26.1 Å². The largest absolute Gasteiger partial charge is 0.310 e. The summed E-state index contributed by atoms with van der Waals surface area (Å²) in [6, 6.07) is 0.369. The summed E-state index contributed by atoms with van der Waals surface area (Å²) in [6.07, 6.45) is 11.3. The zero-order valence-electron chi connectivity index (χ0n) is 12.0. The van der Waals surface area contributed by atoms with Crippen LogP contribution < -0.4 is 5.32 Å². The Bertz CT molecular complexity index is 499. The van der Waals surface area contributed by atoms with Gasteiger partial charge in [0.1, 0.15) is 0 Å². The first-order chi connectivity index (χ1) is 9.19. The summed E-state index contributed by atoms with van der Waals surface area (Å²) in [5.41, 5.74) is 2.55. The van der Waals surface area contributed by atoms with Crippen LogP contribution in [0, 0.1) is 0 Å². The third-order valence-corrected chi connectivity index (χ3v) is 3.25. The van der Waals surface area contributed by atoms with Crippen LogP contribution in [0.5, 0.6) is 0 Å². The van der Waals surface area contributed by atoms with E-state index < -0.39 is 0 Å². The van der Waals surface area contributed by atoms with Gasteiger partial charge in [-0.1, -0.05) is 6.92 Å². The van der Waals surface area contributed by atoms with Crippen LogP contribution in [0.25, 0.3) is 0 Å². The topological polar surface area (TPSA) is 47.7 Å². The van der Waals surface area contributed by atoms with Gasteiger partial charge in [0, 0.05) is 38.1 Å². The number of hydrogen-bond acceptors (Lipinski definition) is 3. The van der Waals surface area contributed by atoms with Crippen LogP contribution in [0.3, 0.4) is 0 Å². The Hall–Kier alpha value is -1.62. The standard InChI is InChI=1S/C14H23N5/c1-4-7-15-14(13-9-17-19(3)11-13)6-5-12-8-16-18(2)10-12/h8-11,14-15H,4-7H2,1-3H3. The quantitative estimate of drug-likeness (QED) is 0.827. The molecule has 2 rings (SSSR count). The molecule has 1 N–H and O–H groups in total. The zero-order chi connectivity index (χ0) is 13.7. The van der Waals surface area contributed by atoms with Gasteiger partial charge in [0.15, 0.2) is 0 Å². The van der Waals surface area contributed by atoms with E-state index in [1.54, 1.807) is 0 Å². The normalized spacial score (nSPS) is 12.8. The fourth-order valence-corrected chi connectivity index (χ4v) is 2.24. The average molecular weight is 261 g/mol. The van der Waals surface area contributed by atoms with Gasteiger partial charge < -0.3 is 5.32 Å². The first-order valence-electron chi connectivity index (χ1n) is 6.88. The second-order valence-electron chi connectivity index (χ2n) is 5.01. The van der Waals surface area contributed by atoms with E-state index in [-0.39, 0.29) is 0 Å². The molecule has 0 aromatic carbocycles. The Morgan fingerprint density at radius 1 is 1.16 bits per heavy atom. The molecule has 5 heteroatoms. The lowest BCUT2D eigenvalue weighted by molar-refractivity contribution is 0.499. The zero-order valence-corrected chi connectivity index (χ0v) is 12.0. The minimum absolute atomic E-state index is 0.369. The number of nitrogens with zero attached hydrogens (tertiary/aromatic N) is 4. The Morgan fingerprint density at radius 2 is 1.89 bits per heavy atom. The summed E-state index contributed by atoms with van der Waals surface area (Å²) in [5.74, 6) is 0. The van der Waals surface area contributed by atoms with E-state index in [9.17, 15) is 0 Å². The van der Waals surface area contributed by atoms with Gasteiger partial charge in [-0.15, -0.1) is 0 Å². The SMILES string of the molecule is CCCNC(CCc1cnn(C)c1)c1cnn(C)c1. The van der Waals surface area contributed by atoms with Crippen LogP contribution in [-0.2, 0) is 20.5 Å². The van der Waals surface area contributed by atoms with Gasteiger partial charge in [-0.05, 0) is 31.4 Å². The molecule has 0 radical (unpaired) electrons. The molecule has 0 aliphatic carbocycles. The van der Waals surface area contributed by atoms with Crippen LogP contribution in [0.1, 0.15) is 36.9 Å². The second kappa shape index (κ2) is 6.52. The Kier molecular flexibility index (Phi) is 4.74. The predicted octanol–water partition coefficient (Wildman–Crippen LogP) is 1.83. The summed E-state index contributed by atoms with van der Waals surface area (Å²) in [5, 5.41) is 12.1. The van der Waals surface area contributed by atoms with Crippen LogP contribution >= 0.6 is 0 Å². The van der Waals surface area contributed by atoms with Gasteiger partial charge in [-0.2, -0.15) is 10.2 Å². The fraction of sp³-hybridized carbons (Fsp3) is 0.571. The summed E-state index contributed by atoms with van der Waals surface area (Å²) in [6.45, 7) is 3.22. The molecule has 0 amide bonds. The lowest BCUT2D eigenvalue weighted by Crippen LogP contribution is -2.22. The average Bonchev–Trinajstić information content (AvgIpc) is 2.99. The Balaban J connectivity index is 1.97. The van der Waals surface area contributed by atoms with Crippen molar-refractivity contribution in [3.63, 3.8) is 0 Å². The summed E-state index contributed by atoms with van der Waals surface area (Å²) in [4.78, 5) is 0. The molecule has 2 heterocycles. The monoisotopic (exact) mass is 261 g/mol. The highest BCUT2D eigenvalue weighted by molar-refractivity contribution is 5.12. The summed E-state index contributed by atoms with van der Waals surface area (Å²) in [7, 11) is 3.92. The van der Waals surface area contributed by atoms with E-state index in [1.165, 1.54) is 11.1 Å². The molecule has 5 nitrogen and oxygen atoms in total. The molecular formula is C14H23N5. The number of nitrogens with one attached hydrogen (secondary N) is 1. The molecule has 0 saturated heterocycles. The van der Waals surface area contributed by atoms with Crippen LogP contribution in [0.15, 0.2) is 24.8 Å². The fourth-order valence-electron chi connectivity index (χ4n) is 2.24. The summed E-state index contributed by atoms with van der Waals surface area (Å²) < 4.78 is 3.72. The molecule has 0 saturated carbocycles. The lowest BCUT2D eigenvalue weighted by atomic mass is 10.0. The molecule has 0 fully saturated rings. The highest BCUT2D eigenvalue weighted by Gasteiger charge is 2.12. The van der Waals surface area contributed by atoms with Crippen LogP contribution in [0.2, 0.25) is 0 Å². The Morgan fingerprint density at radius 3 is 2.47 bits per heavy atom. The second-order valence-corrected chi connectivity index (χ2v) is 5.01. The van der Waals surface area contributed by atoms with E-state index in [4.69, 9.17) is 0 Å². The molecule has 0 bridgehead atoms. The minimum atomic E-state index is 0.369. The van der Waals surface area contributed by atoms with Crippen LogP contribution in [0.4, 0.5) is 0 Å². The van der Waals surface area contributed by atoms with Crippen molar-refractivity contribution in [2.24, 2.45) is 14.1 Å². The van der Waals surface area contributed by atoms with E-state index in [1.807, 2.05) is 35.9 Å². The number of hydrogen-bond donors (Lipinski definition) is 1.